The van der Waals surface area contributed by atoms with E-state index in [9.17, 15) is 14.4 Å². The van der Waals surface area contributed by atoms with Crippen LogP contribution in [0.4, 0.5) is 0 Å². The summed E-state index contributed by atoms with van der Waals surface area (Å²) in [5, 5.41) is 0. The van der Waals surface area contributed by atoms with Crippen molar-refractivity contribution in [3.05, 3.63) is 134 Å². The maximum Gasteiger partial charge on any atom is 0.306 e. The van der Waals surface area contributed by atoms with Gasteiger partial charge in [-0.3, -0.25) is 14.4 Å². The average molecular weight is 897 g/mol. The Kier molecular flexibility index (Phi) is 48.6. The summed E-state index contributed by atoms with van der Waals surface area (Å²) in [4.78, 5) is 38.0. The van der Waals surface area contributed by atoms with E-state index in [2.05, 4.69) is 93.7 Å². The zero-order valence-electron chi connectivity index (χ0n) is 41.4. The van der Waals surface area contributed by atoms with Crippen molar-refractivity contribution >= 4 is 17.9 Å². The molecular formula is C59H92O6. The first-order valence-corrected chi connectivity index (χ1v) is 25.8. The lowest BCUT2D eigenvalue weighted by molar-refractivity contribution is -0.167. The molecule has 0 fully saturated rings. The molecule has 0 aliphatic rings. The van der Waals surface area contributed by atoms with Gasteiger partial charge >= 0.3 is 17.9 Å². The van der Waals surface area contributed by atoms with E-state index in [4.69, 9.17) is 14.2 Å². The number of esters is 3. The van der Waals surface area contributed by atoms with Gasteiger partial charge in [0.15, 0.2) is 6.10 Å². The number of carbonyl (C=O) groups excluding carboxylic acids is 3. The molecule has 1 unspecified atom stereocenters. The molecule has 0 saturated heterocycles. The SMILES string of the molecule is CC/C=C/C=C/C=C/C=C/CCCCCCCC(=O)OC(COC(=O)CCCCC/C=C/C=C/C=C/C=C/CC)COC(=O)CCCCCCCCCCC/C=C/C/C=C/C/C=C/CC. The highest BCUT2D eigenvalue weighted by molar-refractivity contribution is 5.71. The smallest absolute Gasteiger partial charge is 0.306 e. The van der Waals surface area contributed by atoms with Crippen LogP contribution >= 0.6 is 0 Å². The Morgan fingerprint density at radius 1 is 0.323 bits per heavy atom. The Hall–Kier alpha value is -4.45. The first kappa shape index (κ1) is 60.5. The molecule has 0 heterocycles. The van der Waals surface area contributed by atoms with Crippen molar-refractivity contribution < 1.29 is 28.6 Å². The first-order valence-electron chi connectivity index (χ1n) is 25.8. The van der Waals surface area contributed by atoms with Crippen LogP contribution < -0.4 is 0 Å². The van der Waals surface area contributed by atoms with Gasteiger partial charge in [0.1, 0.15) is 13.2 Å². The normalized spacial score (nSPS) is 13.2. The molecule has 6 heteroatoms. The fourth-order valence-corrected chi connectivity index (χ4v) is 6.53. The third-order valence-corrected chi connectivity index (χ3v) is 10.3. The summed E-state index contributed by atoms with van der Waals surface area (Å²) >= 11 is 0. The molecule has 0 aromatic heterocycles. The summed E-state index contributed by atoms with van der Waals surface area (Å²) in [7, 11) is 0. The zero-order chi connectivity index (χ0) is 47.2. The van der Waals surface area contributed by atoms with Crippen molar-refractivity contribution in [2.45, 2.75) is 207 Å². The Balaban J connectivity index is 4.48. The van der Waals surface area contributed by atoms with E-state index in [1.165, 1.54) is 38.5 Å². The van der Waals surface area contributed by atoms with Crippen LogP contribution in [0.15, 0.2) is 134 Å². The van der Waals surface area contributed by atoms with Gasteiger partial charge < -0.3 is 14.2 Å². The lowest BCUT2D eigenvalue weighted by atomic mass is 10.1. The molecule has 0 saturated carbocycles. The van der Waals surface area contributed by atoms with Crippen LogP contribution in [0.25, 0.3) is 0 Å². The molecule has 0 aromatic carbocycles. The maximum absolute atomic E-state index is 12.8. The van der Waals surface area contributed by atoms with Crippen molar-refractivity contribution in [1.29, 1.82) is 0 Å². The first-order chi connectivity index (χ1) is 32.0. The molecule has 65 heavy (non-hydrogen) atoms. The second kappa shape index (κ2) is 52.2. The summed E-state index contributed by atoms with van der Waals surface area (Å²) < 4.78 is 16.7. The molecule has 0 radical (unpaired) electrons. The third-order valence-electron chi connectivity index (χ3n) is 10.3. The van der Waals surface area contributed by atoms with Crippen molar-refractivity contribution in [3.63, 3.8) is 0 Å². The van der Waals surface area contributed by atoms with E-state index in [0.717, 1.165) is 122 Å². The number of hydrogen-bond acceptors (Lipinski definition) is 6. The Bertz CT molecular complexity index is 1450. The lowest BCUT2D eigenvalue weighted by Gasteiger charge is -2.18. The Morgan fingerprint density at radius 3 is 1.06 bits per heavy atom. The molecule has 0 aliphatic heterocycles. The topological polar surface area (TPSA) is 78.9 Å². The highest BCUT2D eigenvalue weighted by Crippen LogP contribution is 2.14. The van der Waals surface area contributed by atoms with Crippen LogP contribution in [0, 0.1) is 0 Å². The van der Waals surface area contributed by atoms with E-state index >= 15 is 0 Å². The summed E-state index contributed by atoms with van der Waals surface area (Å²) in [5.41, 5.74) is 0. The van der Waals surface area contributed by atoms with Crippen molar-refractivity contribution in [3.8, 4) is 0 Å². The number of rotatable bonds is 44. The molecule has 6 nitrogen and oxygen atoms in total. The van der Waals surface area contributed by atoms with Gasteiger partial charge in [-0.2, -0.15) is 0 Å². The molecule has 0 rings (SSSR count). The number of unbranched alkanes of at least 4 members (excludes halogenated alkanes) is 17. The van der Waals surface area contributed by atoms with E-state index in [-0.39, 0.29) is 37.5 Å². The molecule has 1 atom stereocenters. The van der Waals surface area contributed by atoms with Gasteiger partial charge in [-0.1, -0.05) is 225 Å². The monoisotopic (exact) mass is 897 g/mol. The van der Waals surface area contributed by atoms with Gasteiger partial charge in [0.25, 0.3) is 0 Å². The van der Waals surface area contributed by atoms with Crippen LogP contribution in [0.5, 0.6) is 0 Å². The van der Waals surface area contributed by atoms with Crippen LogP contribution in [0.1, 0.15) is 201 Å². The van der Waals surface area contributed by atoms with Crippen LogP contribution in [0.2, 0.25) is 0 Å². The number of hydrogen-bond donors (Lipinski definition) is 0. The van der Waals surface area contributed by atoms with Crippen LogP contribution in [0.3, 0.4) is 0 Å². The van der Waals surface area contributed by atoms with E-state index < -0.39 is 6.10 Å². The zero-order valence-corrected chi connectivity index (χ0v) is 41.4. The lowest BCUT2D eigenvalue weighted by Crippen LogP contribution is -2.30. The highest BCUT2D eigenvalue weighted by Gasteiger charge is 2.19. The Morgan fingerprint density at radius 2 is 0.631 bits per heavy atom. The van der Waals surface area contributed by atoms with Gasteiger partial charge in [0.2, 0.25) is 0 Å². The summed E-state index contributed by atoms with van der Waals surface area (Å²) in [6, 6.07) is 0. The molecule has 364 valence electrons. The van der Waals surface area contributed by atoms with Gasteiger partial charge in [-0.25, -0.2) is 0 Å². The molecule has 0 N–H and O–H groups in total. The quantitative estimate of drug-likeness (QED) is 0.0199. The average Bonchev–Trinajstić information content (AvgIpc) is 3.30. The van der Waals surface area contributed by atoms with Gasteiger partial charge in [0.05, 0.1) is 0 Å². The summed E-state index contributed by atoms with van der Waals surface area (Å²) in [5.74, 6) is -0.987. The molecule has 0 bridgehead atoms. The molecular weight excluding hydrogens is 805 g/mol. The minimum atomic E-state index is -0.814. The number of ether oxygens (including phenoxy) is 3. The van der Waals surface area contributed by atoms with Gasteiger partial charge in [0, 0.05) is 19.3 Å². The van der Waals surface area contributed by atoms with Crippen LogP contribution in [-0.4, -0.2) is 37.2 Å². The fraction of sp³-hybridized carbons (Fsp3) is 0.576. The van der Waals surface area contributed by atoms with E-state index in [0.29, 0.717) is 12.8 Å². The molecule has 0 aromatic rings. The maximum atomic E-state index is 12.8. The van der Waals surface area contributed by atoms with E-state index in [1.807, 2.05) is 60.8 Å². The number of carbonyl (C=O) groups is 3. The van der Waals surface area contributed by atoms with Crippen molar-refractivity contribution in [2.75, 3.05) is 13.2 Å². The van der Waals surface area contributed by atoms with E-state index in [1.54, 1.807) is 0 Å². The molecule has 0 amide bonds. The van der Waals surface area contributed by atoms with Crippen LogP contribution in [-0.2, 0) is 28.6 Å². The molecule has 0 spiro atoms. The summed E-state index contributed by atoms with van der Waals surface area (Å²) in [6.45, 7) is 6.17. The number of allylic oxidation sites excluding steroid dienone is 22. The second-order valence-corrected chi connectivity index (χ2v) is 16.5. The third kappa shape index (κ3) is 50.4. The minimum absolute atomic E-state index is 0.109. The standard InChI is InChI=1S/C59H92O6/c1-4-7-10-13-16-19-22-25-27-28-29-30-32-34-37-40-43-46-49-52-58(61)64-55-56(54-63-57(60)51-48-45-42-39-36-33-24-21-18-15-12-9-6-3)65-59(62)53-50-47-44-41-38-35-31-26-23-20-17-14-11-8-5-2/h7-12,14-21,23-27,31,33,36,56H,4-6,13,22,28-30,32,34-35,37-55H2,1-3H3/b10-7+,11-8+,12-9+,17-14+,18-15+,19-16+,23-20+,24-21+,27-25+,31-26+,36-33+. The minimum Gasteiger partial charge on any atom is -0.462 e. The van der Waals surface area contributed by atoms with Gasteiger partial charge in [-0.15, -0.1) is 0 Å². The Labute approximate surface area is 398 Å². The van der Waals surface area contributed by atoms with Crippen molar-refractivity contribution in [1.82, 2.24) is 0 Å². The largest absolute Gasteiger partial charge is 0.462 e. The predicted molar refractivity (Wildman–Crippen MR) is 279 cm³/mol. The van der Waals surface area contributed by atoms with Gasteiger partial charge in [-0.05, 0) is 89.9 Å². The fourth-order valence-electron chi connectivity index (χ4n) is 6.53. The predicted octanol–water partition coefficient (Wildman–Crippen LogP) is 17.1. The van der Waals surface area contributed by atoms with Crippen molar-refractivity contribution in [2.24, 2.45) is 0 Å². The molecule has 0 aliphatic carbocycles. The second-order valence-electron chi connectivity index (χ2n) is 16.5. The highest BCUT2D eigenvalue weighted by atomic mass is 16.6. The summed E-state index contributed by atoms with van der Waals surface area (Å²) in [6.07, 6.45) is 72.9.